The average molecular weight is 267 g/mol. The van der Waals surface area contributed by atoms with Crippen LogP contribution in [0.15, 0.2) is 18.2 Å². The van der Waals surface area contributed by atoms with Crippen molar-refractivity contribution in [1.82, 2.24) is 5.32 Å². The van der Waals surface area contributed by atoms with Crippen molar-refractivity contribution in [3.05, 3.63) is 29.6 Å². The summed E-state index contributed by atoms with van der Waals surface area (Å²) in [5.41, 5.74) is 0.835. The Hall–Kier alpha value is -1.09. The van der Waals surface area contributed by atoms with E-state index in [0.29, 0.717) is 11.7 Å². The van der Waals surface area contributed by atoms with E-state index in [-0.39, 0.29) is 11.4 Å². The van der Waals surface area contributed by atoms with E-state index < -0.39 is 0 Å². The van der Waals surface area contributed by atoms with E-state index in [2.05, 4.69) is 33.0 Å². The van der Waals surface area contributed by atoms with Crippen molar-refractivity contribution in [2.75, 3.05) is 13.7 Å². The number of ether oxygens (including phenoxy) is 1. The van der Waals surface area contributed by atoms with Crippen molar-refractivity contribution in [2.24, 2.45) is 5.92 Å². The molecule has 0 spiro atoms. The van der Waals surface area contributed by atoms with E-state index in [1.165, 1.54) is 7.11 Å². The second kappa shape index (κ2) is 6.90. The Labute approximate surface area is 116 Å². The number of hydrogen-bond acceptors (Lipinski definition) is 2. The number of methoxy groups -OCH3 is 1. The molecule has 2 nitrogen and oxygen atoms in total. The Balaban J connectivity index is 2.70. The first-order chi connectivity index (χ1) is 8.87. The third-order valence-corrected chi connectivity index (χ3v) is 3.27. The van der Waals surface area contributed by atoms with Crippen LogP contribution in [0.3, 0.4) is 0 Å². The number of hydrogen-bond donors (Lipinski definition) is 1. The van der Waals surface area contributed by atoms with Gasteiger partial charge in [0.15, 0.2) is 11.6 Å². The molecule has 0 aliphatic rings. The van der Waals surface area contributed by atoms with Gasteiger partial charge in [-0.15, -0.1) is 0 Å². The SMILES string of the molecule is CCC(CNC(C)(C)C)Cc1cccc(OC)c1F. The molecule has 19 heavy (non-hydrogen) atoms. The number of halogens is 1. The minimum Gasteiger partial charge on any atom is -0.494 e. The lowest BCUT2D eigenvalue weighted by atomic mass is 9.95. The highest BCUT2D eigenvalue weighted by atomic mass is 19.1. The smallest absolute Gasteiger partial charge is 0.168 e. The maximum atomic E-state index is 14.1. The lowest BCUT2D eigenvalue weighted by Crippen LogP contribution is -2.39. The third-order valence-electron chi connectivity index (χ3n) is 3.27. The van der Waals surface area contributed by atoms with Crippen LogP contribution < -0.4 is 10.1 Å². The summed E-state index contributed by atoms with van der Waals surface area (Å²) in [6.07, 6.45) is 1.77. The predicted octanol–water partition coefficient (Wildman–Crippen LogP) is 3.79. The fraction of sp³-hybridized carbons (Fsp3) is 0.625. The maximum absolute atomic E-state index is 14.1. The van der Waals surface area contributed by atoms with Crippen molar-refractivity contribution in [3.63, 3.8) is 0 Å². The fourth-order valence-electron chi connectivity index (χ4n) is 1.99. The second-order valence-corrected chi connectivity index (χ2v) is 6.04. The van der Waals surface area contributed by atoms with E-state index in [1.807, 2.05) is 12.1 Å². The van der Waals surface area contributed by atoms with Crippen LogP contribution in [-0.2, 0) is 6.42 Å². The first-order valence-electron chi connectivity index (χ1n) is 6.93. The molecule has 1 aromatic carbocycles. The van der Waals surface area contributed by atoms with Crippen LogP contribution in [0, 0.1) is 11.7 Å². The lowest BCUT2D eigenvalue weighted by Gasteiger charge is -2.25. The van der Waals surface area contributed by atoms with Gasteiger partial charge in [-0.2, -0.15) is 0 Å². The molecule has 0 saturated carbocycles. The van der Waals surface area contributed by atoms with Crippen LogP contribution in [0.4, 0.5) is 4.39 Å². The first-order valence-corrected chi connectivity index (χ1v) is 6.93. The van der Waals surface area contributed by atoms with Crippen LogP contribution in [-0.4, -0.2) is 19.2 Å². The molecule has 3 heteroatoms. The minimum absolute atomic E-state index is 0.0976. The van der Waals surface area contributed by atoms with E-state index in [9.17, 15) is 4.39 Å². The van der Waals surface area contributed by atoms with E-state index in [4.69, 9.17) is 4.74 Å². The highest BCUT2D eigenvalue weighted by Crippen LogP contribution is 2.23. The second-order valence-electron chi connectivity index (χ2n) is 6.04. The van der Waals surface area contributed by atoms with Gasteiger partial charge >= 0.3 is 0 Å². The van der Waals surface area contributed by atoms with Crippen LogP contribution in [0.2, 0.25) is 0 Å². The summed E-state index contributed by atoms with van der Waals surface area (Å²) in [5, 5.41) is 3.49. The third kappa shape index (κ3) is 5.19. The van der Waals surface area contributed by atoms with Crippen LogP contribution >= 0.6 is 0 Å². The zero-order chi connectivity index (χ0) is 14.5. The normalized spacial score (nSPS) is 13.4. The lowest BCUT2D eigenvalue weighted by molar-refractivity contribution is 0.356. The first kappa shape index (κ1) is 16.0. The van der Waals surface area contributed by atoms with Crippen molar-refractivity contribution in [2.45, 2.75) is 46.1 Å². The molecule has 0 bridgehead atoms. The van der Waals surface area contributed by atoms with E-state index in [1.54, 1.807) is 6.07 Å². The van der Waals surface area contributed by atoms with Gasteiger partial charge in [-0.25, -0.2) is 4.39 Å². The van der Waals surface area contributed by atoms with Crippen molar-refractivity contribution in [3.8, 4) is 5.75 Å². The highest BCUT2D eigenvalue weighted by molar-refractivity contribution is 5.31. The molecule has 0 aliphatic heterocycles. The van der Waals surface area contributed by atoms with Gasteiger partial charge in [0.1, 0.15) is 0 Å². The Bertz CT molecular complexity index is 398. The maximum Gasteiger partial charge on any atom is 0.168 e. The zero-order valence-electron chi connectivity index (χ0n) is 12.7. The molecule has 0 amide bonds. The highest BCUT2D eigenvalue weighted by Gasteiger charge is 2.16. The molecule has 1 aromatic rings. The summed E-state index contributed by atoms with van der Waals surface area (Å²) in [7, 11) is 1.50. The molecule has 0 heterocycles. The molecule has 108 valence electrons. The summed E-state index contributed by atoms with van der Waals surface area (Å²) in [6, 6.07) is 5.35. The van der Waals surface area contributed by atoms with Gasteiger partial charge in [-0.3, -0.25) is 0 Å². The Morgan fingerprint density at radius 1 is 1.32 bits per heavy atom. The van der Waals surface area contributed by atoms with Crippen LogP contribution in [0.1, 0.15) is 39.7 Å². The molecule has 0 saturated heterocycles. The molecule has 1 N–H and O–H groups in total. The molecule has 0 aliphatic carbocycles. The molecular weight excluding hydrogens is 241 g/mol. The van der Waals surface area contributed by atoms with Gasteiger partial charge in [-0.1, -0.05) is 25.5 Å². The molecule has 0 fully saturated rings. The summed E-state index contributed by atoms with van der Waals surface area (Å²) >= 11 is 0. The van der Waals surface area contributed by atoms with E-state index in [0.717, 1.165) is 24.9 Å². The van der Waals surface area contributed by atoms with E-state index >= 15 is 0 Å². The van der Waals surface area contributed by atoms with Crippen LogP contribution in [0.25, 0.3) is 0 Å². The fourth-order valence-corrected chi connectivity index (χ4v) is 1.99. The van der Waals surface area contributed by atoms with Gasteiger partial charge in [0, 0.05) is 5.54 Å². The van der Waals surface area contributed by atoms with Gasteiger partial charge in [0.2, 0.25) is 0 Å². The number of rotatable bonds is 6. The van der Waals surface area contributed by atoms with Gasteiger partial charge < -0.3 is 10.1 Å². The monoisotopic (exact) mass is 267 g/mol. The zero-order valence-corrected chi connectivity index (χ0v) is 12.7. The Morgan fingerprint density at radius 2 is 2.00 bits per heavy atom. The summed E-state index contributed by atoms with van der Waals surface area (Å²) in [5.74, 6) is 0.538. The molecular formula is C16H26FNO. The summed E-state index contributed by atoms with van der Waals surface area (Å²) < 4.78 is 19.1. The molecule has 0 radical (unpaired) electrons. The summed E-state index contributed by atoms with van der Waals surface area (Å²) in [4.78, 5) is 0. The standard InChI is InChI=1S/C16H26FNO/c1-6-12(11-18-16(2,3)4)10-13-8-7-9-14(19-5)15(13)17/h7-9,12,18H,6,10-11H2,1-5H3. The quantitative estimate of drug-likeness (QED) is 0.846. The Morgan fingerprint density at radius 3 is 2.53 bits per heavy atom. The number of nitrogens with one attached hydrogen (secondary N) is 1. The molecule has 1 rings (SSSR count). The molecule has 0 aromatic heterocycles. The van der Waals surface area contributed by atoms with Crippen molar-refractivity contribution >= 4 is 0 Å². The van der Waals surface area contributed by atoms with Crippen molar-refractivity contribution < 1.29 is 9.13 Å². The summed E-state index contributed by atoms with van der Waals surface area (Å²) in [6.45, 7) is 9.48. The topological polar surface area (TPSA) is 21.3 Å². The molecule has 1 atom stereocenters. The Kier molecular flexibility index (Phi) is 5.80. The minimum atomic E-state index is -0.223. The van der Waals surface area contributed by atoms with Gasteiger partial charge in [0.05, 0.1) is 7.11 Å². The predicted molar refractivity (Wildman–Crippen MR) is 78.2 cm³/mol. The average Bonchev–Trinajstić information content (AvgIpc) is 2.35. The number of benzene rings is 1. The largest absolute Gasteiger partial charge is 0.494 e. The van der Waals surface area contributed by atoms with Gasteiger partial charge in [-0.05, 0) is 51.3 Å². The van der Waals surface area contributed by atoms with Crippen molar-refractivity contribution in [1.29, 1.82) is 0 Å². The molecule has 1 unspecified atom stereocenters. The van der Waals surface area contributed by atoms with Gasteiger partial charge in [0.25, 0.3) is 0 Å². The van der Waals surface area contributed by atoms with Crippen LogP contribution in [0.5, 0.6) is 5.75 Å².